The Morgan fingerprint density at radius 2 is 1.67 bits per heavy atom. The SMILES string of the molecule is Cc1cc(C)c(-n2c(C)cc(C3C(c4ccccn4)NC(=S)N3C3CCCC3)c2C)c(C)c1. The summed E-state index contributed by atoms with van der Waals surface area (Å²) in [6.07, 6.45) is 6.87. The summed E-state index contributed by atoms with van der Waals surface area (Å²) in [5.41, 5.74) is 10.2. The van der Waals surface area contributed by atoms with E-state index in [1.165, 1.54) is 65.0 Å². The lowest BCUT2D eigenvalue weighted by Crippen LogP contribution is -2.37. The van der Waals surface area contributed by atoms with Crippen LogP contribution in [0.5, 0.6) is 0 Å². The lowest BCUT2D eigenvalue weighted by molar-refractivity contribution is 0.245. The number of pyridine rings is 1. The first-order chi connectivity index (χ1) is 15.9. The van der Waals surface area contributed by atoms with Crippen molar-refractivity contribution in [1.82, 2.24) is 19.8 Å². The average Bonchev–Trinajstić information content (AvgIpc) is 3.48. The predicted octanol–water partition coefficient (Wildman–Crippen LogP) is 6.33. The van der Waals surface area contributed by atoms with Crippen LogP contribution in [0.1, 0.15) is 77.1 Å². The van der Waals surface area contributed by atoms with Crippen LogP contribution in [0, 0.1) is 34.6 Å². The van der Waals surface area contributed by atoms with Crippen molar-refractivity contribution >= 4 is 17.3 Å². The summed E-state index contributed by atoms with van der Waals surface area (Å²) in [6.45, 7) is 11.1. The lowest BCUT2D eigenvalue weighted by Gasteiger charge is -2.33. The maximum atomic E-state index is 5.94. The van der Waals surface area contributed by atoms with Crippen molar-refractivity contribution in [3.05, 3.63) is 81.9 Å². The molecule has 4 nitrogen and oxygen atoms in total. The summed E-state index contributed by atoms with van der Waals surface area (Å²) in [4.78, 5) is 7.23. The van der Waals surface area contributed by atoms with Gasteiger partial charge in [0.15, 0.2) is 5.11 Å². The second kappa shape index (κ2) is 8.60. The van der Waals surface area contributed by atoms with Crippen LogP contribution in [-0.4, -0.2) is 25.6 Å². The molecule has 2 fully saturated rings. The molecule has 2 aromatic heterocycles. The third kappa shape index (κ3) is 3.76. The highest BCUT2D eigenvalue weighted by Gasteiger charge is 2.44. The Morgan fingerprint density at radius 1 is 0.970 bits per heavy atom. The highest BCUT2D eigenvalue weighted by atomic mass is 32.1. The molecule has 0 radical (unpaired) electrons. The van der Waals surface area contributed by atoms with Crippen LogP contribution in [0.15, 0.2) is 42.6 Å². The van der Waals surface area contributed by atoms with Gasteiger partial charge < -0.3 is 14.8 Å². The average molecular weight is 459 g/mol. The number of thiocarbonyl (C=S) groups is 1. The Balaban J connectivity index is 1.67. The third-order valence-electron chi connectivity index (χ3n) is 7.50. The topological polar surface area (TPSA) is 33.1 Å². The number of benzene rings is 1. The summed E-state index contributed by atoms with van der Waals surface area (Å²) >= 11 is 5.94. The zero-order valence-corrected chi connectivity index (χ0v) is 21.2. The Kier molecular flexibility index (Phi) is 5.77. The predicted molar refractivity (Wildman–Crippen MR) is 139 cm³/mol. The van der Waals surface area contributed by atoms with Crippen molar-refractivity contribution in [3.63, 3.8) is 0 Å². The van der Waals surface area contributed by atoms with Crippen LogP contribution in [0.4, 0.5) is 0 Å². The standard InChI is InChI=1S/C28H34N4S/c1-17-14-18(2)26(19(3)15-17)31-20(4)16-23(21(31)5)27-25(24-12-8-9-13-29-24)30-28(33)32(27)22-10-6-7-11-22/h8-9,12-16,22,25,27H,6-7,10-11H2,1-5H3,(H,30,33). The van der Waals surface area contributed by atoms with E-state index >= 15 is 0 Å². The molecular formula is C28H34N4S. The van der Waals surface area contributed by atoms with Gasteiger partial charge in [-0.25, -0.2) is 0 Å². The van der Waals surface area contributed by atoms with Gasteiger partial charge in [0, 0.05) is 23.6 Å². The second-order valence-electron chi connectivity index (χ2n) is 9.88. The van der Waals surface area contributed by atoms with E-state index in [1.807, 2.05) is 12.3 Å². The minimum Gasteiger partial charge on any atom is -0.352 e. The van der Waals surface area contributed by atoms with Crippen molar-refractivity contribution < 1.29 is 0 Å². The summed E-state index contributed by atoms with van der Waals surface area (Å²) in [6, 6.07) is 13.8. The molecule has 0 bridgehead atoms. The maximum Gasteiger partial charge on any atom is 0.170 e. The molecule has 1 aliphatic carbocycles. The Labute approximate surface area is 203 Å². The van der Waals surface area contributed by atoms with Crippen molar-refractivity contribution in [2.75, 3.05) is 0 Å². The van der Waals surface area contributed by atoms with Gasteiger partial charge in [0.1, 0.15) is 0 Å². The molecule has 0 spiro atoms. The minimum atomic E-state index is 0.0495. The zero-order chi connectivity index (χ0) is 23.3. The van der Waals surface area contributed by atoms with E-state index in [-0.39, 0.29) is 12.1 Å². The van der Waals surface area contributed by atoms with Crippen LogP contribution in [0.3, 0.4) is 0 Å². The molecule has 2 atom stereocenters. The summed E-state index contributed by atoms with van der Waals surface area (Å²) in [5, 5.41) is 4.53. The Hall–Kier alpha value is -2.66. The molecule has 2 aliphatic rings. The van der Waals surface area contributed by atoms with E-state index < -0.39 is 0 Å². The summed E-state index contributed by atoms with van der Waals surface area (Å²) in [5.74, 6) is 0. The van der Waals surface area contributed by atoms with Gasteiger partial charge in [0.2, 0.25) is 0 Å². The van der Waals surface area contributed by atoms with Crippen molar-refractivity contribution in [1.29, 1.82) is 0 Å². The first kappa shape index (κ1) is 22.1. The fourth-order valence-electron chi connectivity index (χ4n) is 6.23. The number of aryl methyl sites for hydroxylation is 4. The van der Waals surface area contributed by atoms with E-state index in [4.69, 9.17) is 17.2 Å². The highest BCUT2D eigenvalue weighted by Crippen LogP contribution is 2.45. The van der Waals surface area contributed by atoms with E-state index in [0.717, 1.165) is 10.8 Å². The first-order valence-corrected chi connectivity index (χ1v) is 12.5. The molecule has 3 aromatic rings. The van der Waals surface area contributed by atoms with Crippen LogP contribution in [0.2, 0.25) is 0 Å². The van der Waals surface area contributed by atoms with Crippen LogP contribution < -0.4 is 5.32 Å². The van der Waals surface area contributed by atoms with Gasteiger partial charge in [-0.05, 0) is 94.6 Å². The number of hydrogen-bond donors (Lipinski definition) is 1. The molecule has 1 saturated carbocycles. The van der Waals surface area contributed by atoms with Gasteiger partial charge in [0.25, 0.3) is 0 Å². The molecule has 5 heteroatoms. The molecule has 3 heterocycles. The monoisotopic (exact) mass is 458 g/mol. The quantitative estimate of drug-likeness (QED) is 0.463. The molecule has 1 saturated heterocycles. The van der Waals surface area contributed by atoms with Gasteiger partial charge in [-0.2, -0.15) is 0 Å². The summed E-state index contributed by atoms with van der Waals surface area (Å²) < 4.78 is 2.45. The Morgan fingerprint density at radius 3 is 2.30 bits per heavy atom. The summed E-state index contributed by atoms with van der Waals surface area (Å²) in [7, 11) is 0. The van der Waals surface area contributed by atoms with E-state index in [0.29, 0.717) is 6.04 Å². The third-order valence-corrected chi connectivity index (χ3v) is 7.83. The number of aromatic nitrogens is 2. The van der Waals surface area contributed by atoms with Gasteiger partial charge in [-0.3, -0.25) is 4.98 Å². The van der Waals surface area contributed by atoms with Crippen molar-refractivity contribution in [2.24, 2.45) is 0 Å². The molecule has 5 rings (SSSR count). The molecule has 172 valence electrons. The van der Waals surface area contributed by atoms with E-state index in [2.05, 4.69) is 79.7 Å². The van der Waals surface area contributed by atoms with Crippen molar-refractivity contribution in [3.8, 4) is 5.69 Å². The maximum absolute atomic E-state index is 5.94. The molecule has 33 heavy (non-hydrogen) atoms. The Bertz CT molecular complexity index is 1170. The van der Waals surface area contributed by atoms with Gasteiger partial charge in [0.05, 0.1) is 23.5 Å². The van der Waals surface area contributed by atoms with Gasteiger partial charge >= 0.3 is 0 Å². The molecule has 1 aromatic carbocycles. The highest BCUT2D eigenvalue weighted by molar-refractivity contribution is 7.80. The lowest BCUT2D eigenvalue weighted by atomic mass is 9.95. The fraction of sp³-hybridized carbons (Fsp3) is 0.429. The van der Waals surface area contributed by atoms with Gasteiger partial charge in [-0.15, -0.1) is 0 Å². The molecule has 2 unspecified atom stereocenters. The number of nitrogens with one attached hydrogen (secondary N) is 1. The molecule has 1 aliphatic heterocycles. The molecular weight excluding hydrogens is 424 g/mol. The van der Waals surface area contributed by atoms with Crippen molar-refractivity contribution in [2.45, 2.75) is 78.4 Å². The largest absolute Gasteiger partial charge is 0.352 e. The fourth-order valence-corrected chi connectivity index (χ4v) is 6.62. The van der Waals surface area contributed by atoms with E-state index in [9.17, 15) is 0 Å². The zero-order valence-electron chi connectivity index (χ0n) is 20.4. The van der Waals surface area contributed by atoms with Crippen LogP contribution in [-0.2, 0) is 0 Å². The first-order valence-electron chi connectivity index (χ1n) is 12.1. The molecule has 1 N–H and O–H groups in total. The van der Waals surface area contributed by atoms with E-state index in [1.54, 1.807) is 0 Å². The number of hydrogen-bond acceptors (Lipinski definition) is 2. The normalized spacial score (nSPS) is 21.1. The number of nitrogens with zero attached hydrogens (tertiary/aromatic N) is 3. The van der Waals surface area contributed by atoms with Crippen LogP contribution >= 0.6 is 12.2 Å². The minimum absolute atomic E-state index is 0.0495. The van der Waals surface area contributed by atoms with Gasteiger partial charge in [-0.1, -0.05) is 36.6 Å². The van der Waals surface area contributed by atoms with Crippen LogP contribution in [0.25, 0.3) is 5.69 Å². The smallest absolute Gasteiger partial charge is 0.170 e. The molecule has 0 amide bonds. The second-order valence-corrected chi connectivity index (χ2v) is 10.3. The number of rotatable bonds is 4.